The SMILES string of the molecule is CCCCC(=O)N1CCN(C(=O)c2c(OC)cccc2OC)CC1. The van der Waals surface area contributed by atoms with Gasteiger partial charge in [0.2, 0.25) is 5.91 Å². The highest BCUT2D eigenvalue weighted by Crippen LogP contribution is 2.29. The van der Waals surface area contributed by atoms with Crippen molar-refractivity contribution in [1.82, 2.24) is 9.80 Å². The third-order valence-electron chi connectivity index (χ3n) is 4.31. The third kappa shape index (κ3) is 3.99. The first-order valence-corrected chi connectivity index (χ1v) is 8.40. The van der Waals surface area contributed by atoms with E-state index in [4.69, 9.17) is 9.47 Å². The minimum absolute atomic E-state index is 0.120. The number of carbonyl (C=O) groups is 2. The second-order valence-electron chi connectivity index (χ2n) is 5.81. The number of carbonyl (C=O) groups excluding carboxylic acids is 2. The summed E-state index contributed by atoms with van der Waals surface area (Å²) < 4.78 is 10.6. The Balaban J connectivity index is 2.05. The van der Waals surface area contributed by atoms with Crippen molar-refractivity contribution in [3.8, 4) is 11.5 Å². The van der Waals surface area contributed by atoms with Crippen molar-refractivity contribution in [1.29, 1.82) is 0 Å². The predicted octanol–water partition coefficient (Wildman–Crippen LogP) is 2.18. The van der Waals surface area contributed by atoms with Crippen LogP contribution in [0.15, 0.2) is 18.2 Å². The summed E-state index contributed by atoms with van der Waals surface area (Å²) in [5, 5.41) is 0. The van der Waals surface area contributed by atoms with Gasteiger partial charge in [-0.25, -0.2) is 0 Å². The lowest BCUT2D eigenvalue weighted by Crippen LogP contribution is -2.50. The van der Waals surface area contributed by atoms with Gasteiger partial charge in [0.05, 0.1) is 14.2 Å². The Morgan fingerprint density at radius 1 is 1.00 bits per heavy atom. The number of unbranched alkanes of at least 4 members (excludes halogenated alkanes) is 1. The molecule has 6 nitrogen and oxygen atoms in total. The van der Waals surface area contributed by atoms with E-state index in [0.717, 1.165) is 12.8 Å². The van der Waals surface area contributed by atoms with E-state index in [1.165, 1.54) is 14.2 Å². The fourth-order valence-corrected chi connectivity index (χ4v) is 2.87. The highest BCUT2D eigenvalue weighted by Gasteiger charge is 2.28. The van der Waals surface area contributed by atoms with Crippen LogP contribution >= 0.6 is 0 Å². The van der Waals surface area contributed by atoms with Crippen molar-refractivity contribution in [2.45, 2.75) is 26.2 Å². The molecule has 0 N–H and O–H groups in total. The van der Waals surface area contributed by atoms with Gasteiger partial charge in [0.15, 0.2) is 0 Å². The summed E-state index contributed by atoms with van der Waals surface area (Å²) in [6, 6.07) is 5.29. The maximum Gasteiger partial charge on any atom is 0.261 e. The van der Waals surface area contributed by atoms with Crippen molar-refractivity contribution in [2.75, 3.05) is 40.4 Å². The average Bonchev–Trinajstić information content (AvgIpc) is 2.64. The zero-order valence-electron chi connectivity index (χ0n) is 14.7. The van der Waals surface area contributed by atoms with Gasteiger partial charge in [0, 0.05) is 32.6 Å². The summed E-state index contributed by atoms with van der Waals surface area (Å²) in [6.07, 6.45) is 2.51. The van der Waals surface area contributed by atoms with E-state index < -0.39 is 0 Å². The molecule has 1 aliphatic rings. The van der Waals surface area contributed by atoms with Crippen LogP contribution in [0.3, 0.4) is 0 Å². The average molecular weight is 334 g/mol. The maximum absolute atomic E-state index is 12.9. The minimum Gasteiger partial charge on any atom is -0.496 e. The van der Waals surface area contributed by atoms with Crippen molar-refractivity contribution < 1.29 is 19.1 Å². The number of hydrogen-bond acceptors (Lipinski definition) is 4. The Hall–Kier alpha value is -2.24. The lowest BCUT2D eigenvalue weighted by Gasteiger charge is -2.35. The summed E-state index contributed by atoms with van der Waals surface area (Å²) in [5.41, 5.74) is 0.438. The molecule has 0 saturated carbocycles. The minimum atomic E-state index is -0.120. The highest BCUT2D eigenvalue weighted by atomic mass is 16.5. The summed E-state index contributed by atoms with van der Waals surface area (Å²) in [4.78, 5) is 28.6. The van der Waals surface area contributed by atoms with E-state index in [2.05, 4.69) is 6.92 Å². The van der Waals surface area contributed by atoms with Crippen molar-refractivity contribution in [3.63, 3.8) is 0 Å². The number of hydrogen-bond donors (Lipinski definition) is 0. The monoisotopic (exact) mass is 334 g/mol. The Labute approximate surface area is 143 Å². The molecule has 1 saturated heterocycles. The zero-order valence-corrected chi connectivity index (χ0v) is 14.7. The van der Waals surface area contributed by atoms with Gasteiger partial charge in [-0.1, -0.05) is 19.4 Å². The molecule has 0 aromatic heterocycles. The fourth-order valence-electron chi connectivity index (χ4n) is 2.87. The quantitative estimate of drug-likeness (QED) is 0.800. The molecule has 2 rings (SSSR count). The predicted molar refractivity (Wildman–Crippen MR) is 91.6 cm³/mol. The van der Waals surface area contributed by atoms with Crippen LogP contribution in [0.2, 0.25) is 0 Å². The summed E-state index contributed by atoms with van der Waals surface area (Å²) >= 11 is 0. The molecule has 0 spiro atoms. The zero-order chi connectivity index (χ0) is 17.5. The number of methoxy groups -OCH3 is 2. The number of benzene rings is 1. The Morgan fingerprint density at radius 3 is 2.04 bits per heavy atom. The van der Waals surface area contributed by atoms with Crippen LogP contribution < -0.4 is 9.47 Å². The van der Waals surface area contributed by atoms with Crippen LogP contribution in [0.1, 0.15) is 36.5 Å². The summed E-state index contributed by atoms with van der Waals surface area (Å²) in [6.45, 7) is 4.28. The number of rotatable bonds is 6. The van der Waals surface area contributed by atoms with Gasteiger partial charge in [-0.2, -0.15) is 0 Å². The van der Waals surface area contributed by atoms with Crippen LogP contribution in [0.4, 0.5) is 0 Å². The van der Waals surface area contributed by atoms with Crippen LogP contribution in [0.25, 0.3) is 0 Å². The molecule has 0 atom stereocenters. The molecule has 6 heteroatoms. The Kier molecular flexibility index (Phi) is 6.46. The summed E-state index contributed by atoms with van der Waals surface area (Å²) in [5.74, 6) is 1.06. The van der Waals surface area contributed by atoms with E-state index in [9.17, 15) is 9.59 Å². The lowest BCUT2D eigenvalue weighted by molar-refractivity contribution is -0.132. The molecule has 1 fully saturated rings. The van der Waals surface area contributed by atoms with Gasteiger partial charge in [-0.15, -0.1) is 0 Å². The molecule has 1 aromatic rings. The van der Waals surface area contributed by atoms with Crippen LogP contribution in [-0.4, -0.2) is 62.0 Å². The van der Waals surface area contributed by atoms with Gasteiger partial charge in [0.1, 0.15) is 17.1 Å². The first-order chi connectivity index (χ1) is 11.6. The Bertz CT molecular complexity index is 558. The Morgan fingerprint density at radius 2 is 1.54 bits per heavy atom. The van der Waals surface area contributed by atoms with E-state index in [-0.39, 0.29) is 11.8 Å². The first-order valence-electron chi connectivity index (χ1n) is 8.40. The smallest absolute Gasteiger partial charge is 0.261 e. The molecule has 0 aliphatic carbocycles. The molecule has 0 unspecified atom stereocenters. The topological polar surface area (TPSA) is 59.1 Å². The standard InChI is InChI=1S/C18H26N2O4/c1-4-5-9-16(21)19-10-12-20(13-11-19)18(22)17-14(23-2)7-6-8-15(17)24-3/h6-8H,4-5,9-13H2,1-3H3. The highest BCUT2D eigenvalue weighted by molar-refractivity contribution is 5.99. The van der Waals surface area contributed by atoms with Crippen LogP contribution in [0, 0.1) is 0 Å². The van der Waals surface area contributed by atoms with E-state index >= 15 is 0 Å². The second-order valence-corrected chi connectivity index (χ2v) is 5.81. The van der Waals surface area contributed by atoms with Gasteiger partial charge in [-0.05, 0) is 18.6 Å². The van der Waals surface area contributed by atoms with Gasteiger partial charge < -0.3 is 19.3 Å². The van der Waals surface area contributed by atoms with Crippen molar-refractivity contribution in [3.05, 3.63) is 23.8 Å². The molecular weight excluding hydrogens is 308 g/mol. The second kappa shape index (κ2) is 8.57. The lowest BCUT2D eigenvalue weighted by atomic mass is 10.1. The maximum atomic E-state index is 12.9. The van der Waals surface area contributed by atoms with Gasteiger partial charge >= 0.3 is 0 Å². The fraction of sp³-hybridized carbons (Fsp3) is 0.556. The molecule has 0 radical (unpaired) electrons. The summed E-state index contributed by atoms with van der Waals surface area (Å²) in [7, 11) is 3.08. The van der Waals surface area contributed by atoms with Gasteiger partial charge in [-0.3, -0.25) is 9.59 Å². The normalized spacial score (nSPS) is 14.5. The van der Waals surface area contributed by atoms with Crippen LogP contribution in [-0.2, 0) is 4.79 Å². The molecule has 1 heterocycles. The number of nitrogens with zero attached hydrogens (tertiary/aromatic N) is 2. The van der Waals surface area contributed by atoms with E-state index in [0.29, 0.717) is 49.7 Å². The molecular formula is C18H26N2O4. The molecule has 132 valence electrons. The molecule has 0 bridgehead atoms. The van der Waals surface area contributed by atoms with Crippen molar-refractivity contribution in [2.24, 2.45) is 0 Å². The van der Waals surface area contributed by atoms with Crippen LogP contribution in [0.5, 0.6) is 11.5 Å². The number of piperazine rings is 1. The van der Waals surface area contributed by atoms with Crippen molar-refractivity contribution >= 4 is 11.8 Å². The van der Waals surface area contributed by atoms with E-state index in [1.807, 2.05) is 4.90 Å². The molecule has 24 heavy (non-hydrogen) atoms. The van der Waals surface area contributed by atoms with E-state index in [1.54, 1.807) is 23.1 Å². The number of ether oxygens (including phenoxy) is 2. The number of amides is 2. The van der Waals surface area contributed by atoms with Gasteiger partial charge in [0.25, 0.3) is 5.91 Å². The molecule has 1 aromatic carbocycles. The first kappa shape index (κ1) is 18.1. The largest absolute Gasteiger partial charge is 0.496 e. The molecule has 2 amide bonds. The molecule has 1 aliphatic heterocycles. The third-order valence-corrected chi connectivity index (χ3v) is 4.31.